The molecule has 110 valence electrons. The number of anilines is 1. The lowest BCUT2D eigenvalue weighted by atomic mass is 10.1. The van der Waals surface area contributed by atoms with Crippen LogP contribution < -0.4 is 5.32 Å². The summed E-state index contributed by atoms with van der Waals surface area (Å²) in [5, 5.41) is 12.0. The third-order valence-electron chi connectivity index (χ3n) is 3.26. The molecule has 0 atom stereocenters. The van der Waals surface area contributed by atoms with Crippen LogP contribution in [-0.2, 0) is 6.61 Å². The smallest absolute Gasteiger partial charge is 0.255 e. The van der Waals surface area contributed by atoms with Gasteiger partial charge in [-0.15, -0.1) is 0 Å². The Kier molecular flexibility index (Phi) is 3.93. The Hall–Kier alpha value is -2.99. The minimum absolute atomic E-state index is 0.155. The van der Waals surface area contributed by atoms with Crippen LogP contribution in [0.15, 0.2) is 61.4 Å². The van der Waals surface area contributed by atoms with Crippen molar-refractivity contribution in [1.82, 2.24) is 14.5 Å². The van der Waals surface area contributed by atoms with E-state index in [0.29, 0.717) is 16.8 Å². The molecule has 0 saturated heterocycles. The highest BCUT2D eigenvalue weighted by molar-refractivity contribution is 6.04. The van der Waals surface area contributed by atoms with Crippen LogP contribution in [0.5, 0.6) is 0 Å². The molecule has 0 bridgehead atoms. The number of hydrogen-bond donors (Lipinski definition) is 2. The molecule has 0 unspecified atom stereocenters. The Balaban J connectivity index is 1.78. The van der Waals surface area contributed by atoms with Gasteiger partial charge in [-0.05, 0) is 30.3 Å². The minimum atomic E-state index is -0.250. The lowest BCUT2D eigenvalue weighted by molar-refractivity contribution is 0.102. The van der Waals surface area contributed by atoms with Crippen molar-refractivity contribution in [2.45, 2.75) is 6.61 Å². The van der Waals surface area contributed by atoms with Crippen LogP contribution in [-0.4, -0.2) is 25.5 Å². The topological polar surface area (TPSA) is 80.0 Å². The summed E-state index contributed by atoms with van der Waals surface area (Å²) in [5.41, 5.74) is 2.58. The van der Waals surface area contributed by atoms with E-state index < -0.39 is 0 Å². The standard InChI is InChI=1S/C16H14N4O2/c21-10-13-5-6-17-9-15(13)19-16(22)12-1-3-14(4-2-12)20-8-7-18-11-20/h1-9,11,21H,10H2,(H,19,22). The maximum Gasteiger partial charge on any atom is 0.255 e. The van der Waals surface area contributed by atoms with Gasteiger partial charge in [0.05, 0.1) is 24.8 Å². The molecule has 6 nitrogen and oxygen atoms in total. The summed E-state index contributed by atoms with van der Waals surface area (Å²) in [6.45, 7) is -0.155. The molecular formula is C16H14N4O2. The maximum absolute atomic E-state index is 12.2. The molecule has 22 heavy (non-hydrogen) atoms. The van der Waals surface area contributed by atoms with Crippen LogP contribution in [0.3, 0.4) is 0 Å². The molecule has 0 spiro atoms. The van der Waals surface area contributed by atoms with E-state index in [1.165, 1.54) is 6.20 Å². The predicted octanol–water partition coefficient (Wildman–Crippen LogP) is 2.01. The SMILES string of the molecule is O=C(Nc1cnccc1CO)c1ccc(-n2ccnc2)cc1. The first-order chi connectivity index (χ1) is 10.8. The average Bonchev–Trinajstić information content (AvgIpc) is 3.10. The van der Waals surface area contributed by atoms with Crippen LogP contribution in [0.25, 0.3) is 5.69 Å². The van der Waals surface area contributed by atoms with Crippen LogP contribution in [0.4, 0.5) is 5.69 Å². The zero-order chi connectivity index (χ0) is 15.4. The molecule has 1 aromatic carbocycles. The molecule has 0 saturated carbocycles. The first-order valence-electron chi connectivity index (χ1n) is 6.71. The quantitative estimate of drug-likeness (QED) is 0.771. The number of hydrogen-bond acceptors (Lipinski definition) is 4. The monoisotopic (exact) mass is 294 g/mol. The number of imidazole rings is 1. The van der Waals surface area contributed by atoms with Crippen molar-refractivity contribution in [3.8, 4) is 5.69 Å². The van der Waals surface area contributed by atoms with E-state index in [0.717, 1.165) is 5.69 Å². The van der Waals surface area contributed by atoms with Crippen LogP contribution in [0.2, 0.25) is 0 Å². The van der Waals surface area contributed by atoms with E-state index >= 15 is 0 Å². The molecule has 0 radical (unpaired) electrons. The van der Waals surface area contributed by atoms with Crippen LogP contribution in [0.1, 0.15) is 15.9 Å². The van der Waals surface area contributed by atoms with Crippen molar-refractivity contribution < 1.29 is 9.90 Å². The summed E-state index contributed by atoms with van der Waals surface area (Å²) in [5.74, 6) is -0.250. The van der Waals surface area contributed by atoms with Gasteiger partial charge in [0.1, 0.15) is 0 Å². The van der Waals surface area contributed by atoms with E-state index in [1.54, 1.807) is 36.9 Å². The zero-order valence-corrected chi connectivity index (χ0v) is 11.7. The second-order valence-corrected chi connectivity index (χ2v) is 4.66. The first kappa shape index (κ1) is 14.0. The number of carbonyl (C=O) groups is 1. The van der Waals surface area contributed by atoms with E-state index in [1.807, 2.05) is 22.9 Å². The maximum atomic E-state index is 12.2. The average molecular weight is 294 g/mol. The van der Waals surface area contributed by atoms with Gasteiger partial charge in [-0.25, -0.2) is 4.98 Å². The third kappa shape index (κ3) is 2.87. The van der Waals surface area contributed by atoms with Crippen molar-refractivity contribution in [1.29, 1.82) is 0 Å². The first-order valence-corrected chi connectivity index (χ1v) is 6.71. The molecule has 0 aliphatic heterocycles. The Morgan fingerprint density at radius 2 is 1.95 bits per heavy atom. The Morgan fingerprint density at radius 1 is 1.14 bits per heavy atom. The van der Waals surface area contributed by atoms with Crippen molar-refractivity contribution in [3.63, 3.8) is 0 Å². The Labute approximate surface area is 127 Å². The molecule has 1 amide bonds. The molecule has 0 fully saturated rings. The number of pyridine rings is 1. The predicted molar refractivity (Wildman–Crippen MR) is 81.7 cm³/mol. The van der Waals surface area contributed by atoms with Gasteiger partial charge in [0, 0.05) is 35.4 Å². The summed E-state index contributed by atoms with van der Waals surface area (Å²) < 4.78 is 1.85. The lowest BCUT2D eigenvalue weighted by Gasteiger charge is -2.09. The lowest BCUT2D eigenvalue weighted by Crippen LogP contribution is -2.13. The van der Waals surface area contributed by atoms with Crippen molar-refractivity contribution in [3.05, 3.63) is 72.6 Å². The largest absolute Gasteiger partial charge is 0.392 e. The zero-order valence-electron chi connectivity index (χ0n) is 11.7. The fourth-order valence-corrected chi connectivity index (χ4v) is 2.06. The number of amides is 1. The normalized spacial score (nSPS) is 10.4. The van der Waals surface area contributed by atoms with E-state index in [9.17, 15) is 9.90 Å². The molecule has 0 aliphatic carbocycles. The summed E-state index contributed by atoms with van der Waals surface area (Å²) in [4.78, 5) is 20.2. The second kappa shape index (κ2) is 6.19. The van der Waals surface area contributed by atoms with Gasteiger partial charge < -0.3 is 15.0 Å². The number of rotatable bonds is 4. The fourth-order valence-electron chi connectivity index (χ4n) is 2.06. The fraction of sp³-hybridized carbons (Fsp3) is 0.0625. The molecule has 2 heterocycles. The van der Waals surface area contributed by atoms with Gasteiger partial charge in [0.25, 0.3) is 5.91 Å². The molecule has 3 aromatic rings. The molecule has 6 heteroatoms. The van der Waals surface area contributed by atoms with Crippen molar-refractivity contribution in [2.75, 3.05) is 5.32 Å². The molecule has 2 aromatic heterocycles. The highest BCUT2D eigenvalue weighted by atomic mass is 16.3. The van der Waals surface area contributed by atoms with E-state index in [2.05, 4.69) is 15.3 Å². The van der Waals surface area contributed by atoms with Crippen molar-refractivity contribution >= 4 is 11.6 Å². The molecule has 3 rings (SSSR count). The molecule has 0 aliphatic rings. The number of aliphatic hydroxyl groups excluding tert-OH is 1. The summed E-state index contributed by atoms with van der Waals surface area (Å²) in [7, 11) is 0. The number of carbonyl (C=O) groups excluding carboxylic acids is 1. The van der Waals surface area contributed by atoms with Gasteiger partial charge in [-0.2, -0.15) is 0 Å². The van der Waals surface area contributed by atoms with Gasteiger partial charge in [0.15, 0.2) is 0 Å². The summed E-state index contributed by atoms with van der Waals surface area (Å²) in [6, 6.07) is 8.82. The summed E-state index contributed by atoms with van der Waals surface area (Å²) >= 11 is 0. The highest BCUT2D eigenvalue weighted by Gasteiger charge is 2.09. The minimum Gasteiger partial charge on any atom is -0.392 e. The molecular weight excluding hydrogens is 280 g/mol. The number of nitrogens with zero attached hydrogens (tertiary/aromatic N) is 3. The highest BCUT2D eigenvalue weighted by Crippen LogP contribution is 2.15. The number of nitrogens with one attached hydrogen (secondary N) is 1. The number of aliphatic hydroxyl groups is 1. The number of aromatic nitrogens is 3. The molecule has 2 N–H and O–H groups in total. The van der Waals surface area contributed by atoms with Gasteiger partial charge in [-0.1, -0.05) is 0 Å². The van der Waals surface area contributed by atoms with Gasteiger partial charge >= 0.3 is 0 Å². The number of benzene rings is 1. The van der Waals surface area contributed by atoms with Crippen LogP contribution in [0, 0.1) is 0 Å². The third-order valence-corrected chi connectivity index (χ3v) is 3.26. The Morgan fingerprint density at radius 3 is 2.64 bits per heavy atom. The van der Waals surface area contributed by atoms with Crippen LogP contribution >= 0.6 is 0 Å². The summed E-state index contributed by atoms with van der Waals surface area (Å²) in [6.07, 6.45) is 8.31. The van der Waals surface area contributed by atoms with Gasteiger partial charge in [-0.3, -0.25) is 9.78 Å². The van der Waals surface area contributed by atoms with Crippen molar-refractivity contribution in [2.24, 2.45) is 0 Å². The van der Waals surface area contributed by atoms with E-state index in [-0.39, 0.29) is 12.5 Å². The van der Waals surface area contributed by atoms with Gasteiger partial charge in [0.2, 0.25) is 0 Å². The Bertz CT molecular complexity index is 767. The second-order valence-electron chi connectivity index (χ2n) is 4.66. The van der Waals surface area contributed by atoms with E-state index in [4.69, 9.17) is 0 Å².